The van der Waals surface area contributed by atoms with Gasteiger partial charge >= 0.3 is 0 Å². The van der Waals surface area contributed by atoms with Crippen molar-refractivity contribution in [3.63, 3.8) is 0 Å². The monoisotopic (exact) mass is 242 g/mol. The van der Waals surface area contributed by atoms with Gasteiger partial charge in [-0.05, 0) is 32.1 Å². The van der Waals surface area contributed by atoms with E-state index >= 15 is 0 Å². The van der Waals surface area contributed by atoms with Crippen LogP contribution >= 0.6 is 0 Å². The molecule has 3 unspecified atom stereocenters. The molecular formula is C13H26N2O2. The van der Waals surface area contributed by atoms with Crippen LogP contribution in [0, 0.1) is 5.92 Å². The second-order valence-electron chi connectivity index (χ2n) is 5.51. The Balaban J connectivity index is 2.45. The molecule has 3 atom stereocenters. The van der Waals surface area contributed by atoms with Crippen LogP contribution in [-0.2, 0) is 9.53 Å². The topological polar surface area (TPSA) is 64.3 Å². The molecule has 100 valence electrons. The Morgan fingerprint density at radius 2 is 2.35 bits per heavy atom. The van der Waals surface area contributed by atoms with E-state index < -0.39 is 5.54 Å². The Morgan fingerprint density at radius 1 is 1.65 bits per heavy atom. The molecule has 0 radical (unpaired) electrons. The molecule has 0 aromatic heterocycles. The van der Waals surface area contributed by atoms with Gasteiger partial charge in [0.15, 0.2) is 0 Å². The molecule has 4 nitrogen and oxygen atoms in total. The lowest BCUT2D eigenvalue weighted by molar-refractivity contribution is -0.128. The van der Waals surface area contributed by atoms with E-state index in [2.05, 4.69) is 12.2 Å². The number of hydrogen-bond donors (Lipinski definition) is 2. The van der Waals surface area contributed by atoms with Crippen molar-refractivity contribution in [3.05, 3.63) is 0 Å². The van der Waals surface area contributed by atoms with Crippen LogP contribution in [0.4, 0.5) is 0 Å². The third-order valence-corrected chi connectivity index (χ3v) is 3.62. The minimum atomic E-state index is -0.654. The predicted molar refractivity (Wildman–Crippen MR) is 68.6 cm³/mol. The fourth-order valence-corrected chi connectivity index (χ4v) is 2.53. The van der Waals surface area contributed by atoms with E-state index in [1.807, 2.05) is 6.92 Å². The first-order valence-electron chi connectivity index (χ1n) is 6.56. The Bertz CT molecular complexity index is 258. The van der Waals surface area contributed by atoms with Crippen LogP contribution in [0.2, 0.25) is 0 Å². The minimum absolute atomic E-state index is 0.00709. The van der Waals surface area contributed by atoms with Crippen molar-refractivity contribution >= 4 is 5.91 Å². The average molecular weight is 242 g/mol. The predicted octanol–water partition coefficient (Wildman–Crippen LogP) is 1.44. The van der Waals surface area contributed by atoms with Gasteiger partial charge in [-0.3, -0.25) is 4.79 Å². The molecule has 1 saturated carbocycles. The molecule has 0 aliphatic heterocycles. The van der Waals surface area contributed by atoms with Gasteiger partial charge in [0.1, 0.15) is 0 Å². The van der Waals surface area contributed by atoms with Gasteiger partial charge in [-0.25, -0.2) is 0 Å². The fraction of sp³-hybridized carbons (Fsp3) is 0.923. The first-order chi connectivity index (χ1) is 7.98. The minimum Gasteiger partial charge on any atom is -0.385 e. The van der Waals surface area contributed by atoms with Gasteiger partial charge in [0.05, 0.1) is 5.54 Å². The Morgan fingerprint density at radius 3 is 2.94 bits per heavy atom. The van der Waals surface area contributed by atoms with E-state index in [1.165, 1.54) is 6.42 Å². The van der Waals surface area contributed by atoms with Gasteiger partial charge in [-0.15, -0.1) is 0 Å². The molecule has 1 aliphatic rings. The van der Waals surface area contributed by atoms with Crippen LogP contribution in [0.1, 0.15) is 46.0 Å². The third-order valence-electron chi connectivity index (χ3n) is 3.62. The van der Waals surface area contributed by atoms with Gasteiger partial charge in [-0.1, -0.05) is 19.8 Å². The summed E-state index contributed by atoms with van der Waals surface area (Å²) in [6, 6.07) is 0.125. The highest BCUT2D eigenvalue weighted by atomic mass is 16.5. The normalized spacial score (nSPS) is 30.9. The summed E-state index contributed by atoms with van der Waals surface area (Å²) >= 11 is 0. The van der Waals surface area contributed by atoms with Gasteiger partial charge in [-0.2, -0.15) is 0 Å². The van der Waals surface area contributed by atoms with E-state index in [0.29, 0.717) is 12.5 Å². The number of rotatable bonds is 5. The van der Waals surface area contributed by atoms with E-state index in [0.717, 1.165) is 25.7 Å². The second kappa shape index (κ2) is 6.36. The molecule has 0 bridgehead atoms. The molecule has 17 heavy (non-hydrogen) atoms. The summed E-state index contributed by atoms with van der Waals surface area (Å²) < 4.78 is 5.00. The second-order valence-corrected chi connectivity index (χ2v) is 5.51. The Hall–Kier alpha value is -0.610. The standard InChI is InChI=1S/C13H26N2O2/c1-10-5-4-7-13(14,9-10)12(16)15-11(2)6-8-17-3/h10-11H,4-9,14H2,1-3H3,(H,15,16). The van der Waals surface area contributed by atoms with Crippen LogP contribution in [0.15, 0.2) is 0 Å². The summed E-state index contributed by atoms with van der Waals surface area (Å²) in [6.07, 6.45) is 4.67. The summed E-state index contributed by atoms with van der Waals surface area (Å²) in [4.78, 5) is 12.2. The van der Waals surface area contributed by atoms with Crippen LogP contribution in [0.5, 0.6) is 0 Å². The zero-order valence-corrected chi connectivity index (χ0v) is 11.3. The van der Waals surface area contributed by atoms with Crippen molar-refractivity contribution in [1.82, 2.24) is 5.32 Å². The Kier molecular flexibility index (Phi) is 5.40. The maximum Gasteiger partial charge on any atom is 0.240 e. The van der Waals surface area contributed by atoms with Crippen molar-refractivity contribution in [2.45, 2.75) is 57.5 Å². The van der Waals surface area contributed by atoms with Crippen LogP contribution in [0.3, 0.4) is 0 Å². The molecular weight excluding hydrogens is 216 g/mol. The SMILES string of the molecule is COCCC(C)NC(=O)C1(N)CCCC(C)C1. The smallest absolute Gasteiger partial charge is 0.240 e. The van der Waals surface area contributed by atoms with Gasteiger partial charge in [0.2, 0.25) is 5.91 Å². The number of ether oxygens (including phenoxy) is 1. The number of hydrogen-bond acceptors (Lipinski definition) is 3. The summed E-state index contributed by atoms with van der Waals surface area (Å²) in [6.45, 7) is 4.82. The van der Waals surface area contributed by atoms with E-state index in [-0.39, 0.29) is 11.9 Å². The summed E-state index contributed by atoms with van der Waals surface area (Å²) in [5, 5.41) is 3.00. The molecule has 0 spiro atoms. The maximum atomic E-state index is 12.2. The van der Waals surface area contributed by atoms with Crippen molar-refractivity contribution in [3.8, 4) is 0 Å². The molecule has 1 aliphatic carbocycles. The quantitative estimate of drug-likeness (QED) is 0.766. The zero-order valence-electron chi connectivity index (χ0n) is 11.3. The highest BCUT2D eigenvalue weighted by Gasteiger charge is 2.38. The highest BCUT2D eigenvalue weighted by molar-refractivity contribution is 5.86. The van der Waals surface area contributed by atoms with Gasteiger partial charge in [0, 0.05) is 19.8 Å². The summed E-state index contributed by atoms with van der Waals surface area (Å²) in [7, 11) is 1.67. The van der Waals surface area contributed by atoms with Gasteiger partial charge < -0.3 is 15.8 Å². The lowest BCUT2D eigenvalue weighted by Crippen LogP contribution is -2.57. The number of amides is 1. The zero-order chi connectivity index (χ0) is 12.9. The molecule has 0 aromatic carbocycles. The van der Waals surface area contributed by atoms with Crippen LogP contribution in [0.25, 0.3) is 0 Å². The number of carbonyl (C=O) groups excluding carboxylic acids is 1. The third kappa shape index (κ3) is 4.28. The lowest BCUT2D eigenvalue weighted by atomic mass is 9.76. The fourth-order valence-electron chi connectivity index (χ4n) is 2.53. The van der Waals surface area contributed by atoms with Crippen LogP contribution < -0.4 is 11.1 Å². The molecule has 4 heteroatoms. The largest absolute Gasteiger partial charge is 0.385 e. The van der Waals surface area contributed by atoms with Crippen molar-refractivity contribution in [2.24, 2.45) is 11.7 Å². The number of carbonyl (C=O) groups is 1. The molecule has 1 rings (SSSR count). The maximum absolute atomic E-state index is 12.2. The first kappa shape index (κ1) is 14.5. The molecule has 3 N–H and O–H groups in total. The lowest BCUT2D eigenvalue weighted by Gasteiger charge is -2.36. The van der Waals surface area contributed by atoms with Crippen LogP contribution in [-0.4, -0.2) is 31.2 Å². The summed E-state index contributed by atoms with van der Waals surface area (Å²) in [5.41, 5.74) is 5.57. The van der Waals surface area contributed by atoms with Crippen molar-refractivity contribution in [2.75, 3.05) is 13.7 Å². The van der Waals surface area contributed by atoms with E-state index in [4.69, 9.17) is 10.5 Å². The number of methoxy groups -OCH3 is 1. The van der Waals surface area contributed by atoms with E-state index in [9.17, 15) is 4.79 Å². The molecule has 1 fully saturated rings. The Labute approximate surface area is 104 Å². The first-order valence-corrected chi connectivity index (χ1v) is 6.56. The molecule has 0 aromatic rings. The molecule has 0 heterocycles. The average Bonchev–Trinajstić information content (AvgIpc) is 2.26. The van der Waals surface area contributed by atoms with Crippen molar-refractivity contribution < 1.29 is 9.53 Å². The molecule has 0 saturated heterocycles. The highest BCUT2D eigenvalue weighted by Crippen LogP contribution is 2.30. The number of nitrogens with one attached hydrogen (secondary N) is 1. The molecule has 1 amide bonds. The number of nitrogens with two attached hydrogens (primary N) is 1. The van der Waals surface area contributed by atoms with Crippen molar-refractivity contribution in [1.29, 1.82) is 0 Å². The van der Waals surface area contributed by atoms with Gasteiger partial charge in [0.25, 0.3) is 0 Å². The summed E-state index contributed by atoms with van der Waals surface area (Å²) in [5.74, 6) is 0.557. The van der Waals surface area contributed by atoms with E-state index in [1.54, 1.807) is 7.11 Å².